The van der Waals surface area contributed by atoms with Gasteiger partial charge >= 0.3 is 12.2 Å². The first kappa shape index (κ1) is 26.4. The van der Waals surface area contributed by atoms with E-state index in [1.165, 1.54) is 18.5 Å². The minimum absolute atomic E-state index is 0.0270. The van der Waals surface area contributed by atoms with E-state index < -0.39 is 23.9 Å². The Labute approximate surface area is 221 Å². The second kappa shape index (κ2) is 10.9. The monoisotopic (exact) mass is 540 g/mol. The quantitative estimate of drug-likeness (QED) is 0.285. The van der Waals surface area contributed by atoms with Crippen LogP contribution in [0.15, 0.2) is 55.1 Å². The molecule has 39 heavy (non-hydrogen) atoms. The van der Waals surface area contributed by atoms with Crippen molar-refractivity contribution in [2.24, 2.45) is 0 Å². The van der Waals surface area contributed by atoms with Crippen molar-refractivity contribution in [1.82, 2.24) is 24.4 Å². The molecule has 0 spiro atoms. The highest BCUT2D eigenvalue weighted by Crippen LogP contribution is 2.35. The normalized spacial score (nSPS) is 14.9. The van der Waals surface area contributed by atoms with Gasteiger partial charge in [0.05, 0.1) is 11.7 Å². The molecule has 0 aliphatic carbocycles. The van der Waals surface area contributed by atoms with Crippen molar-refractivity contribution in [1.29, 1.82) is 0 Å². The first-order chi connectivity index (χ1) is 18.7. The molecule has 0 unspecified atom stereocenters. The van der Waals surface area contributed by atoms with Crippen LogP contribution in [0.3, 0.4) is 0 Å². The van der Waals surface area contributed by atoms with Crippen LogP contribution in [-0.4, -0.2) is 61.8 Å². The molecule has 4 N–H and O–H groups in total. The first-order valence-electron chi connectivity index (χ1n) is 12.4. The van der Waals surface area contributed by atoms with Crippen molar-refractivity contribution in [3.8, 4) is 5.69 Å². The number of alkyl halides is 3. The highest BCUT2D eigenvalue weighted by atomic mass is 19.4. The molecule has 1 saturated heterocycles. The Hall–Kier alpha value is -4.23. The second-order valence-corrected chi connectivity index (χ2v) is 9.26. The van der Waals surface area contributed by atoms with Gasteiger partial charge in [-0.3, -0.25) is 9.47 Å². The van der Waals surface area contributed by atoms with Crippen LogP contribution in [0.5, 0.6) is 0 Å². The number of nitrogens with one attached hydrogen (secondary N) is 3. The summed E-state index contributed by atoms with van der Waals surface area (Å²) in [5.41, 5.74) is 1.77. The summed E-state index contributed by atoms with van der Waals surface area (Å²) >= 11 is 0. The number of likely N-dealkylation sites (tertiary alicyclic amines) is 1. The lowest BCUT2D eigenvalue weighted by Gasteiger charge is -2.30. The molecule has 0 atom stereocenters. The molecule has 1 aliphatic heterocycles. The van der Waals surface area contributed by atoms with Gasteiger partial charge in [-0.25, -0.2) is 19.7 Å². The zero-order valence-corrected chi connectivity index (χ0v) is 21.0. The molecule has 13 heteroatoms. The number of hydrogen-bond acceptors (Lipinski definition) is 7. The van der Waals surface area contributed by atoms with E-state index in [-0.39, 0.29) is 17.8 Å². The average molecular weight is 541 g/mol. The van der Waals surface area contributed by atoms with Crippen molar-refractivity contribution in [2.75, 3.05) is 36.1 Å². The number of hydrogen-bond donors (Lipinski definition) is 4. The first-order valence-corrected chi connectivity index (χ1v) is 12.4. The molecular weight excluding hydrogens is 513 g/mol. The lowest BCUT2D eigenvalue weighted by Crippen LogP contribution is -2.35. The van der Waals surface area contributed by atoms with Crippen LogP contribution >= 0.6 is 0 Å². The SMILES string of the molecule is CNc1ncnc2c1ncn2-c1ccc(NC(=O)Nc2ccc(CN3CCC(O)CC3)c(C(F)(F)F)c2)cc1. The highest BCUT2D eigenvalue weighted by Gasteiger charge is 2.34. The topological polar surface area (TPSA) is 120 Å². The maximum absolute atomic E-state index is 13.8. The predicted octanol–water partition coefficient (Wildman–Crippen LogP) is 4.48. The average Bonchev–Trinajstić information content (AvgIpc) is 3.35. The molecule has 2 aromatic heterocycles. The van der Waals surface area contributed by atoms with E-state index in [9.17, 15) is 23.1 Å². The fourth-order valence-corrected chi connectivity index (χ4v) is 4.58. The molecule has 1 aliphatic rings. The third kappa shape index (κ3) is 5.94. The Morgan fingerprint density at radius 1 is 1.03 bits per heavy atom. The van der Waals surface area contributed by atoms with Crippen LogP contribution in [0.25, 0.3) is 16.9 Å². The fraction of sp³-hybridized carbons (Fsp3) is 0.308. The van der Waals surface area contributed by atoms with Gasteiger partial charge in [0.15, 0.2) is 17.0 Å². The summed E-state index contributed by atoms with van der Waals surface area (Å²) in [7, 11) is 1.74. The van der Waals surface area contributed by atoms with Crippen LogP contribution in [0.1, 0.15) is 24.0 Å². The number of aliphatic hydroxyl groups is 1. The predicted molar refractivity (Wildman–Crippen MR) is 141 cm³/mol. The number of imidazole rings is 1. The number of nitrogens with zero attached hydrogens (tertiary/aromatic N) is 5. The molecule has 0 bridgehead atoms. The molecule has 0 radical (unpaired) electrons. The lowest BCUT2D eigenvalue weighted by molar-refractivity contribution is -0.138. The molecule has 3 heterocycles. The summed E-state index contributed by atoms with van der Waals surface area (Å²) in [6, 6.07) is 9.97. The molecule has 0 saturated carbocycles. The van der Waals surface area contributed by atoms with Gasteiger partial charge in [-0.05, 0) is 54.8 Å². The fourth-order valence-electron chi connectivity index (χ4n) is 4.58. The number of rotatable bonds is 6. The minimum Gasteiger partial charge on any atom is -0.393 e. The van der Waals surface area contributed by atoms with E-state index in [2.05, 4.69) is 30.9 Å². The van der Waals surface area contributed by atoms with Crippen LogP contribution in [0, 0.1) is 0 Å². The van der Waals surface area contributed by atoms with Gasteiger partial charge in [0.25, 0.3) is 0 Å². The number of anilines is 3. The van der Waals surface area contributed by atoms with Gasteiger partial charge < -0.3 is 21.1 Å². The zero-order valence-electron chi connectivity index (χ0n) is 21.0. The molecule has 2 aromatic carbocycles. The summed E-state index contributed by atoms with van der Waals surface area (Å²) < 4.78 is 43.2. The molecule has 4 aromatic rings. The Bertz CT molecular complexity index is 1460. The van der Waals surface area contributed by atoms with Crippen molar-refractivity contribution in [3.63, 3.8) is 0 Å². The lowest BCUT2D eigenvalue weighted by atomic mass is 10.0. The van der Waals surface area contributed by atoms with Crippen LogP contribution < -0.4 is 16.0 Å². The second-order valence-electron chi connectivity index (χ2n) is 9.26. The van der Waals surface area contributed by atoms with E-state index in [1.807, 2.05) is 4.90 Å². The van der Waals surface area contributed by atoms with Crippen LogP contribution in [0.2, 0.25) is 0 Å². The maximum atomic E-state index is 13.8. The van der Waals surface area contributed by atoms with E-state index in [0.29, 0.717) is 48.6 Å². The third-order valence-electron chi connectivity index (χ3n) is 6.60. The van der Waals surface area contributed by atoms with Gasteiger partial charge in [0.1, 0.15) is 12.7 Å². The number of amides is 2. The van der Waals surface area contributed by atoms with E-state index in [0.717, 1.165) is 11.8 Å². The highest BCUT2D eigenvalue weighted by molar-refractivity contribution is 5.99. The third-order valence-corrected chi connectivity index (χ3v) is 6.60. The molecule has 10 nitrogen and oxygen atoms in total. The van der Waals surface area contributed by atoms with Crippen LogP contribution in [0.4, 0.5) is 35.2 Å². The van der Waals surface area contributed by atoms with Gasteiger partial charge in [0, 0.05) is 43.7 Å². The van der Waals surface area contributed by atoms with Crippen molar-refractivity contribution in [2.45, 2.75) is 31.7 Å². The Morgan fingerprint density at radius 2 is 1.72 bits per heavy atom. The van der Waals surface area contributed by atoms with E-state index in [1.54, 1.807) is 42.2 Å². The Morgan fingerprint density at radius 3 is 2.41 bits per heavy atom. The number of urea groups is 1. The summed E-state index contributed by atoms with van der Waals surface area (Å²) in [5, 5.41) is 17.7. The van der Waals surface area contributed by atoms with Crippen molar-refractivity contribution >= 4 is 34.4 Å². The number of piperidine rings is 1. The number of halogens is 3. The number of benzene rings is 2. The van der Waals surface area contributed by atoms with Crippen LogP contribution in [-0.2, 0) is 12.7 Å². The minimum atomic E-state index is -4.58. The number of fused-ring (bicyclic) bond motifs is 1. The summed E-state index contributed by atoms with van der Waals surface area (Å²) in [5.74, 6) is 0.599. The Balaban J connectivity index is 1.26. The number of aliphatic hydroxyl groups excluding tert-OH is 1. The van der Waals surface area contributed by atoms with Gasteiger partial charge in [-0.15, -0.1) is 0 Å². The van der Waals surface area contributed by atoms with E-state index in [4.69, 9.17) is 0 Å². The number of carbonyl (C=O) groups is 1. The largest absolute Gasteiger partial charge is 0.416 e. The molecule has 204 valence electrons. The summed E-state index contributed by atoms with van der Waals surface area (Å²) in [4.78, 5) is 27.2. The van der Waals surface area contributed by atoms with Gasteiger partial charge in [-0.1, -0.05) is 6.07 Å². The number of aromatic nitrogens is 4. The molecule has 2 amide bonds. The maximum Gasteiger partial charge on any atom is 0.416 e. The van der Waals surface area contributed by atoms with Crippen molar-refractivity contribution < 1.29 is 23.1 Å². The molecule has 1 fully saturated rings. The number of carbonyl (C=O) groups excluding carboxylic acids is 1. The summed E-state index contributed by atoms with van der Waals surface area (Å²) in [6.45, 7) is 1.18. The summed E-state index contributed by atoms with van der Waals surface area (Å²) in [6.07, 6.45) is -0.866. The smallest absolute Gasteiger partial charge is 0.393 e. The van der Waals surface area contributed by atoms with Crippen molar-refractivity contribution in [3.05, 3.63) is 66.2 Å². The Kier molecular flexibility index (Phi) is 7.35. The zero-order chi connectivity index (χ0) is 27.6. The molecule has 5 rings (SSSR count). The molecular formula is C26H27F3N8O2. The standard InChI is InChI=1S/C26H27F3N8O2/c1-30-23-22-24(32-14-31-23)37(15-33-22)19-6-4-17(5-7-19)34-25(39)35-18-3-2-16(21(12-18)26(27,28)29)13-36-10-8-20(38)9-11-36/h2-7,12,14-15,20,38H,8-11,13H2,1H3,(H,30,31,32)(H2,34,35,39). The van der Waals surface area contributed by atoms with Gasteiger partial charge in [-0.2, -0.15) is 13.2 Å². The van der Waals surface area contributed by atoms with E-state index >= 15 is 0 Å². The van der Waals surface area contributed by atoms with Gasteiger partial charge in [0.2, 0.25) is 0 Å².